The second kappa shape index (κ2) is 7.07. The normalized spacial score (nSPS) is 14.1. The maximum absolute atomic E-state index is 12.9. The van der Waals surface area contributed by atoms with Crippen molar-refractivity contribution in [3.05, 3.63) is 34.6 Å². The molecule has 16 heavy (non-hydrogen) atoms. The number of hydrogen-bond acceptors (Lipinski definition) is 2. The Balaban J connectivity index is 0.00000225. The molecule has 0 fully saturated rings. The second-order valence-corrected chi connectivity index (χ2v) is 3.96. The van der Waals surface area contributed by atoms with E-state index in [-0.39, 0.29) is 17.4 Å². The van der Waals surface area contributed by atoms with E-state index in [9.17, 15) is 9.50 Å². The molecule has 0 spiro atoms. The molecule has 0 saturated heterocycles. The van der Waals surface area contributed by atoms with Crippen molar-refractivity contribution in [2.24, 2.45) is 5.73 Å². The summed E-state index contributed by atoms with van der Waals surface area (Å²) in [6.07, 6.45) is 0.858. The van der Waals surface area contributed by atoms with Crippen molar-refractivity contribution >= 4 is 24.0 Å². The van der Waals surface area contributed by atoms with E-state index < -0.39 is 18.0 Å². The van der Waals surface area contributed by atoms with Crippen molar-refractivity contribution in [3.8, 4) is 0 Å². The summed E-state index contributed by atoms with van der Waals surface area (Å²) in [5.74, 6) is -0.474. The summed E-state index contributed by atoms with van der Waals surface area (Å²) in [4.78, 5) is 0. The second-order valence-electron chi connectivity index (χ2n) is 3.56. The van der Waals surface area contributed by atoms with Crippen LogP contribution in [0, 0.1) is 5.82 Å². The zero-order valence-electron chi connectivity index (χ0n) is 8.99. The standard InChI is InChI=1S/C11H15ClFNO.ClH/c1-2-3-10(15)11(14)7-4-5-9(13)8(12)6-7;/h4-6,10-11,15H,2-3,14H2,1H3;1H/t10-,11+;/m1./s1. The molecule has 0 heterocycles. The lowest BCUT2D eigenvalue weighted by atomic mass is 9.99. The summed E-state index contributed by atoms with van der Waals surface area (Å²) < 4.78 is 12.9. The third-order valence-electron chi connectivity index (χ3n) is 2.33. The lowest BCUT2D eigenvalue weighted by Gasteiger charge is -2.18. The highest BCUT2D eigenvalue weighted by molar-refractivity contribution is 6.30. The Hall–Kier alpha value is -0.350. The van der Waals surface area contributed by atoms with Gasteiger partial charge >= 0.3 is 0 Å². The fraction of sp³-hybridized carbons (Fsp3) is 0.455. The molecule has 0 bridgehead atoms. The van der Waals surface area contributed by atoms with E-state index in [0.717, 1.165) is 6.42 Å². The molecule has 0 aliphatic carbocycles. The summed E-state index contributed by atoms with van der Waals surface area (Å²) in [5, 5.41) is 9.70. The van der Waals surface area contributed by atoms with Gasteiger partial charge in [-0.1, -0.05) is 31.0 Å². The smallest absolute Gasteiger partial charge is 0.141 e. The first-order chi connectivity index (χ1) is 7.06. The average Bonchev–Trinajstić information content (AvgIpc) is 2.21. The van der Waals surface area contributed by atoms with Crippen LogP contribution >= 0.6 is 24.0 Å². The lowest BCUT2D eigenvalue weighted by Crippen LogP contribution is -2.25. The molecule has 0 aliphatic heterocycles. The van der Waals surface area contributed by atoms with Crippen molar-refractivity contribution < 1.29 is 9.50 Å². The number of hydrogen-bond donors (Lipinski definition) is 2. The Bertz CT molecular complexity index is 336. The van der Waals surface area contributed by atoms with Crippen molar-refractivity contribution in [2.75, 3.05) is 0 Å². The molecule has 0 aliphatic rings. The number of aliphatic hydroxyl groups is 1. The van der Waals surface area contributed by atoms with E-state index in [0.29, 0.717) is 12.0 Å². The Morgan fingerprint density at radius 3 is 2.62 bits per heavy atom. The Labute approximate surface area is 106 Å². The molecule has 1 aromatic carbocycles. The number of benzene rings is 1. The van der Waals surface area contributed by atoms with Gasteiger partial charge in [-0.3, -0.25) is 0 Å². The summed E-state index contributed by atoms with van der Waals surface area (Å²) in [6, 6.07) is 3.75. The molecule has 0 radical (unpaired) electrons. The van der Waals surface area contributed by atoms with Crippen molar-refractivity contribution in [1.82, 2.24) is 0 Å². The van der Waals surface area contributed by atoms with Gasteiger partial charge in [0, 0.05) is 0 Å². The summed E-state index contributed by atoms with van der Waals surface area (Å²) in [5.41, 5.74) is 6.47. The minimum atomic E-state index is -0.614. The van der Waals surface area contributed by atoms with Crippen molar-refractivity contribution in [2.45, 2.75) is 31.9 Å². The van der Waals surface area contributed by atoms with Crippen molar-refractivity contribution in [1.29, 1.82) is 0 Å². The number of halogens is 3. The van der Waals surface area contributed by atoms with Gasteiger partial charge in [0.25, 0.3) is 0 Å². The molecular formula is C11H16Cl2FNO. The maximum atomic E-state index is 12.9. The molecule has 1 aromatic rings. The minimum absolute atomic E-state index is 0. The third kappa shape index (κ3) is 3.91. The van der Waals surface area contributed by atoms with E-state index in [1.165, 1.54) is 12.1 Å². The zero-order chi connectivity index (χ0) is 11.4. The predicted octanol–water partition coefficient (Wildman–Crippen LogP) is 3.06. The highest BCUT2D eigenvalue weighted by Gasteiger charge is 2.16. The minimum Gasteiger partial charge on any atom is -0.391 e. The van der Waals surface area contributed by atoms with E-state index in [4.69, 9.17) is 17.3 Å². The van der Waals surface area contributed by atoms with Crippen LogP contribution in [0.1, 0.15) is 31.4 Å². The van der Waals surface area contributed by atoms with Gasteiger partial charge in [0.15, 0.2) is 0 Å². The first kappa shape index (κ1) is 15.7. The zero-order valence-corrected chi connectivity index (χ0v) is 10.6. The average molecular weight is 268 g/mol. The topological polar surface area (TPSA) is 46.2 Å². The molecule has 1 rings (SSSR count). The van der Waals surface area contributed by atoms with Crippen LogP contribution in [0.2, 0.25) is 5.02 Å². The molecule has 0 unspecified atom stereocenters. The van der Waals surface area contributed by atoms with Crippen LogP contribution in [-0.2, 0) is 0 Å². The molecular weight excluding hydrogens is 252 g/mol. The molecule has 3 N–H and O–H groups in total. The Morgan fingerprint density at radius 2 is 2.12 bits per heavy atom. The van der Waals surface area contributed by atoms with Gasteiger partial charge in [-0.25, -0.2) is 4.39 Å². The van der Waals surface area contributed by atoms with Crippen LogP contribution in [0.5, 0.6) is 0 Å². The molecule has 2 nitrogen and oxygen atoms in total. The first-order valence-corrected chi connectivity index (χ1v) is 5.32. The van der Waals surface area contributed by atoms with Gasteiger partial charge in [-0.2, -0.15) is 0 Å². The van der Waals surface area contributed by atoms with Crippen LogP contribution in [-0.4, -0.2) is 11.2 Å². The molecule has 0 amide bonds. The largest absolute Gasteiger partial charge is 0.391 e. The van der Waals surface area contributed by atoms with E-state index in [1.54, 1.807) is 6.07 Å². The van der Waals surface area contributed by atoms with Crippen LogP contribution < -0.4 is 5.73 Å². The maximum Gasteiger partial charge on any atom is 0.141 e. The van der Waals surface area contributed by atoms with Gasteiger partial charge in [0.2, 0.25) is 0 Å². The Morgan fingerprint density at radius 1 is 1.50 bits per heavy atom. The summed E-state index contributed by atoms with van der Waals surface area (Å²) in [6.45, 7) is 1.97. The first-order valence-electron chi connectivity index (χ1n) is 4.94. The highest BCUT2D eigenvalue weighted by atomic mass is 35.5. The molecule has 5 heteroatoms. The highest BCUT2D eigenvalue weighted by Crippen LogP contribution is 2.22. The number of rotatable bonds is 4. The molecule has 0 saturated carbocycles. The van der Waals surface area contributed by atoms with E-state index in [2.05, 4.69) is 0 Å². The quantitative estimate of drug-likeness (QED) is 0.881. The van der Waals surface area contributed by atoms with Crippen LogP contribution in [0.25, 0.3) is 0 Å². The van der Waals surface area contributed by atoms with Crippen LogP contribution in [0.4, 0.5) is 4.39 Å². The van der Waals surface area contributed by atoms with Crippen molar-refractivity contribution in [3.63, 3.8) is 0 Å². The molecule has 92 valence electrons. The van der Waals surface area contributed by atoms with Crippen LogP contribution in [0.15, 0.2) is 18.2 Å². The van der Waals surface area contributed by atoms with Gasteiger partial charge < -0.3 is 10.8 Å². The number of aliphatic hydroxyl groups excluding tert-OH is 1. The SMILES string of the molecule is CCC[C@@H](O)[C@@H](N)c1ccc(F)c(Cl)c1.Cl. The third-order valence-corrected chi connectivity index (χ3v) is 2.62. The predicted molar refractivity (Wildman–Crippen MR) is 66.5 cm³/mol. The van der Waals surface area contributed by atoms with E-state index in [1.807, 2.05) is 6.92 Å². The van der Waals surface area contributed by atoms with Gasteiger partial charge in [0.1, 0.15) is 5.82 Å². The molecule has 2 atom stereocenters. The molecule has 0 aromatic heterocycles. The van der Waals surface area contributed by atoms with Gasteiger partial charge in [-0.05, 0) is 24.1 Å². The van der Waals surface area contributed by atoms with Crippen LogP contribution in [0.3, 0.4) is 0 Å². The monoisotopic (exact) mass is 267 g/mol. The number of nitrogens with two attached hydrogens (primary N) is 1. The van der Waals surface area contributed by atoms with Gasteiger partial charge in [-0.15, -0.1) is 12.4 Å². The summed E-state index contributed by atoms with van der Waals surface area (Å²) >= 11 is 5.63. The van der Waals surface area contributed by atoms with Gasteiger partial charge in [0.05, 0.1) is 17.2 Å². The lowest BCUT2D eigenvalue weighted by molar-refractivity contribution is 0.134. The fourth-order valence-corrected chi connectivity index (χ4v) is 1.61. The fourth-order valence-electron chi connectivity index (χ4n) is 1.42. The Kier molecular flexibility index (Phi) is 6.91. The van der Waals surface area contributed by atoms with E-state index >= 15 is 0 Å². The summed E-state index contributed by atoms with van der Waals surface area (Å²) in [7, 11) is 0.